The summed E-state index contributed by atoms with van der Waals surface area (Å²) in [6.45, 7) is 4.86. The first-order chi connectivity index (χ1) is 13.8. The Morgan fingerprint density at radius 2 is 1.69 bits per heavy atom. The van der Waals surface area contributed by atoms with E-state index in [4.69, 9.17) is 23.8 Å². The summed E-state index contributed by atoms with van der Waals surface area (Å²) in [4.78, 5) is 12.4. The Hall–Kier alpha value is -2.00. The fourth-order valence-corrected chi connectivity index (χ4v) is 4.70. The van der Waals surface area contributed by atoms with Crippen LogP contribution >= 0.6 is 23.8 Å². The molecule has 0 aliphatic rings. The van der Waals surface area contributed by atoms with Crippen molar-refractivity contribution in [3.63, 3.8) is 0 Å². The summed E-state index contributed by atoms with van der Waals surface area (Å²) < 4.78 is 27.1. The van der Waals surface area contributed by atoms with E-state index < -0.39 is 10.0 Å². The third kappa shape index (κ3) is 6.50. The van der Waals surface area contributed by atoms with E-state index in [0.717, 1.165) is 12.8 Å². The van der Waals surface area contributed by atoms with Gasteiger partial charge >= 0.3 is 0 Å². The lowest BCUT2D eigenvalue weighted by atomic mass is 10.2. The highest BCUT2D eigenvalue weighted by molar-refractivity contribution is 7.89. The second-order valence-electron chi connectivity index (χ2n) is 6.35. The van der Waals surface area contributed by atoms with Gasteiger partial charge in [-0.05, 0) is 67.5 Å². The first-order valence-corrected chi connectivity index (χ1v) is 11.5. The number of nitrogens with one attached hydrogen (secondary N) is 2. The molecule has 0 spiro atoms. The average molecular weight is 454 g/mol. The maximum absolute atomic E-state index is 12.8. The molecule has 156 valence electrons. The van der Waals surface area contributed by atoms with E-state index in [0.29, 0.717) is 29.4 Å². The van der Waals surface area contributed by atoms with Gasteiger partial charge in [-0.25, -0.2) is 8.42 Å². The van der Waals surface area contributed by atoms with Crippen molar-refractivity contribution in [2.75, 3.05) is 18.4 Å². The monoisotopic (exact) mass is 453 g/mol. The van der Waals surface area contributed by atoms with Gasteiger partial charge in [0, 0.05) is 29.4 Å². The lowest BCUT2D eigenvalue weighted by Gasteiger charge is -2.21. The van der Waals surface area contributed by atoms with Gasteiger partial charge < -0.3 is 5.32 Å². The standard InChI is InChI=1S/C20H24ClN3O3S2/c1-3-12-24(13-4-2)29(26,27)18-10-8-17(9-11-18)22-20(28)23-19(25)15-6-5-7-16(21)14-15/h5-11,14H,3-4,12-13H2,1-2H3,(H2,22,23,25,28). The van der Waals surface area contributed by atoms with Crippen molar-refractivity contribution in [2.45, 2.75) is 31.6 Å². The van der Waals surface area contributed by atoms with Crippen LogP contribution in [0.3, 0.4) is 0 Å². The van der Waals surface area contributed by atoms with E-state index in [1.54, 1.807) is 30.3 Å². The molecule has 0 unspecified atom stereocenters. The highest BCUT2D eigenvalue weighted by Gasteiger charge is 2.22. The van der Waals surface area contributed by atoms with Crippen molar-refractivity contribution < 1.29 is 13.2 Å². The van der Waals surface area contributed by atoms with E-state index in [1.807, 2.05) is 13.8 Å². The van der Waals surface area contributed by atoms with Crippen LogP contribution in [0.15, 0.2) is 53.4 Å². The molecule has 0 saturated carbocycles. The number of hydrogen-bond donors (Lipinski definition) is 2. The fourth-order valence-electron chi connectivity index (χ4n) is 2.68. The first kappa shape index (κ1) is 23.3. The number of thiocarbonyl (C=S) groups is 1. The maximum Gasteiger partial charge on any atom is 0.257 e. The van der Waals surface area contributed by atoms with Crippen LogP contribution in [0, 0.1) is 0 Å². The molecule has 6 nitrogen and oxygen atoms in total. The zero-order valence-electron chi connectivity index (χ0n) is 16.3. The number of anilines is 1. The molecule has 0 heterocycles. The second-order valence-corrected chi connectivity index (χ2v) is 9.13. The molecule has 0 atom stereocenters. The Morgan fingerprint density at radius 1 is 1.07 bits per heavy atom. The summed E-state index contributed by atoms with van der Waals surface area (Å²) >= 11 is 11.0. The minimum atomic E-state index is -3.54. The summed E-state index contributed by atoms with van der Waals surface area (Å²) in [5.74, 6) is -0.390. The van der Waals surface area contributed by atoms with Gasteiger partial charge in [0.05, 0.1) is 4.90 Å². The molecule has 29 heavy (non-hydrogen) atoms. The van der Waals surface area contributed by atoms with E-state index in [-0.39, 0.29) is 15.9 Å². The summed E-state index contributed by atoms with van der Waals surface area (Å²) in [6.07, 6.45) is 1.50. The zero-order valence-corrected chi connectivity index (χ0v) is 18.7. The van der Waals surface area contributed by atoms with Crippen LogP contribution in [-0.4, -0.2) is 36.8 Å². The van der Waals surface area contributed by atoms with E-state index in [9.17, 15) is 13.2 Å². The quantitative estimate of drug-likeness (QED) is 0.583. The van der Waals surface area contributed by atoms with Crippen LogP contribution in [0.4, 0.5) is 5.69 Å². The maximum atomic E-state index is 12.8. The zero-order chi connectivity index (χ0) is 21.4. The molecule has 2 aromatic rings. The minimum absolute atomic E-state index is 0.101. The summed E-state index contributed by atoms with van der Waals surface area (Å²) in [5.41, 5.74) is 0.952. The molecule has 2 N–H and O–H groups in total. The van der Waals surface area contributed by atoms with Gasteiger partial charge in [-0.2, -0.15) is 4.31 Å². The molecular formula is C20H24ClN3O3S2. The Bertz CT molecular complexity index is 957. The van der Waals surface area contributed by atoms with Crippen LogP contribution < -0.4 is 10.6 Å². The summed E-state index contributed by atoms with van der Waals surface area (Å²) in [5, 5.41) is 5.99. The molecule has 0 bridgehead atoms. The van der Waals surface area contributed by atoms with Crippen LogP contribution in [0.5, 0.6) is 0 Å². The highest BCUT2D eigenvalue weighted by atomic mass is 35.5. The van der Waals surface area contributed by atoms with Crippen molar-refractivity contribution in [2.24, 2.45) is 0 Å². The molecule has 0 radical (unpaired) electrons. The van der Waals surface area contributed by atoms with Crippen LogP contribution in [0.2, 0.25) is 5.02 Å². The van der Waals surface area contributed by atoms with Crippen LogP contribution in [0.1, 0.15) is 37.0 Å². The van der Waals surface area contributed by atoms with Crippen molar-refractivity contribution in [1.29, 1.82) is 0 Å². The van der Waals surface area contributed by atoms with Crippen molar-refractivity contribution >= 4 is 50.5 Å². The predicted molar refractivity (Wildman–Crippen MR) is 121 cm³/mol. The van der Waals surface area contributed by atoms with Gasteiger partial charge in [-0.15, -0.1) is 0 Å². The molecule has 0 aromatic heterocycles. The molecule has 2 aromatic carbocycles. The number of hydrogen-bond acceptors (Lipinski definition) is 4. The van der Waals surface area contributed by atoms with Gasteiger partial charge in [0.2, 0.25) is 10.0 Å². The molecule has 0 aliphatic carbocycles. The third-order valence-electron chi connectivity index (χ3n) is 4.01. The van der Waals surface area contributed by atoms with E-state index >= 15 is 0 Å². The van der Waals surface area contributed by atoms with Gasteiger partial charge in [0.15, 0.2) is 5.11 Å². The molecule has 0 fully saturated rings. The number of carbonyl (C=O) groups excluding carboxylic acids is 1. The number of carbonyl (C=O) groups is 1. The Labute approximate surface area is 182 Å². The van der Waals surface area contributed by atoms with Crippen molar-refractivity contribution in [1.82, 2.24) is 9.62 Å². The number of sulfonamides is 1. The van der Waals surface area contributed by atoms with Crippen LogP contribution in [0.25, 0.3) is 0 Å². The molecule has 0 aliphatic heterocycles. The topological polar surface area (TPSA) is 78.5 Å². The van der Waals surface area contributed by atoms with E-state index in [1.165, 1.54) is 22.5 Å². The van der Waals surface area contributed by atoms with E-state index in [2.05, 4.69) is 10.6 Å². The first-order valence-electron chi connectivity index (χ1n) is 9.26. The van der Waals surface area contributed by atoms with Crippen molar-refractivity contribution in [3.05, 3.63) is 59.1 Å². The Morgan fingerprint density at radius 3 is 2.24 bits per heavy atom. The number of benzene rings is 2. The second kappa shape index (κ2) is 10.7. The molecule has 9 heteroatoms. The molecule has 1 amide bonds. The number of nitrogens with zero attached hydrogens (tertiary/aromatic N) is 1. The largest absolute Gasteiger partial charge is 0.332 e. The van der Waals surface area contributed by atoms with Gasteiger partial charge in [-0.1, -0.05) is 31.5 Å². The van der Waals surface area contributed by atoms with Gasteiger partial charge in [0.1, 0.15) is 0 Å². The average Bonchev–Trinajstić information content (AvgIpc) is 2.68. The van der Waals surface area contributed by atoms with Crippen LogP contribution in [-0.2, 0) is 10.0 Å². The number of rotatable bonds is 8. The summed E-state index contributed by atoms with van der Waals surface area (Å²) in [7, 11) is -3.54. The van der Waals surface area contributed by atoms with Crippen molar-refractivity contribution in [3.8, 4) is 0 Å². The molecular weight excluding hydrogens is 430 g/mol. The molecule has 0 saturated heterocycles. The third-order valence-corrected chi connectivity index (χ3v) is 6.36. The van der Waals surface area contributed by atoms with Gasteiger partial charge in [0.25, 0.3) is 5.91 Å². The van der Waals surface area contributed by atoms with Gasteiger partial charge in [-0.3, -0.25) is 10.1 Å². The smallest absolute Gasteiger partial charge is 0.257 e. The normalized spacial score (nSPS) is 11.3. The number of halogens is 1. The fraction of sp³-hybridized carbons (Fsp3) is 0.300. The lowest BCUT2D eigenvalue weighted by Crippen LogP contribution is -2.34. The molecule has 2 rings (SSSR count). The Kier molecular flexibility index (Phi) is 8.58. The Balaban J connectivity index is 2.04. The SMILES string of the molecule is CCCN(CCC)S(=O)(=O)c1ccc(NC(=S)NC(=O)c2cccc(Cl)c2)cc1. The summed E-state index contributed by atoms with van der Waals surface area (Å²) in [6, 6.07) is 12.8. The predicted octanol–water partition coefficient (Wildman–Crippen LogP) is 4.28. The number of amides is 1. The highest BCUT2D eigenvalue weighted by Crippen LogP contribution is 2.19. The lowest BCUT2D eigenvalue weighted by molar-refractivity contribution is 0.0977. The minimum Gasteiger partial charge on any atom is -0.332 e.